The van der Waals surface area contributed by atoms with Crippen molar-refractivity contribution in [3.63, 3.8) is 0 Å². The Morgan fingerprint density at radius 2 is 1.69 bits per heavy atom. The van der Waals surface area contributed by atoms with Gasteiger partial charge in [-0.3, -0.25) is 28.4 Å². The van der Waals surface area contributed by atoms with Gasteiger partial charge in [0, 0.05) is 30.7 Å². The number of benzene rings is 2. The molecular weight excluding hydrogens is 787 g/mol. The number of aromatic nitrogens is 4. The predicted octanol–water partition coefficient (Wildman–Crippen LogP) is -1.19. The second-order valence-corrected chi connectivity index (χ2v) is 12.4. The molecule has 0 radical (unpaired) electrons. The number of nitrogens with two attached hydrogens (primary N) is 2. The summed E-state index contributed by atoms with van der Waals surface area (Å²) in [6.07, 6.45) is -7.54. The van der Waals surface area contributed by atoms with Gasteiger partial charge in [-0.15, -0.1) is 0 Å². The number of ether oxygens (including phenoxy) is 1. The van der Waals surface area contributed by atoms with Crippen LogP contribution < -0.4 is 38.4 Å². The van der Waals surface area contributed by atoms with Gasteiger partial charge in [0.15, 0.2) is 29.8 Å². The first-order valence-corrected chi connectivity index (χ1v) is 16.8. The van der Waals surface area contributed by atoms with Crippen LogP contribution in [0.5, 0.6) is 0 Å². The van der Waals surface area contributed by atoms with Crippen molar-refractivity contribution in [2.24, 2.45) is 12.8 Å². The van der Waals surface area contributed by atoms with E-state index in [0.717, 1.165) is 33.8 Å². The quantitative estimate of drug-likeness (QED) is 0.0601. The topological polar surface area (TPSA) is 291 Å². The molecule has 0 spiro atoms. The van der Waals surface area contributed by atoms with Crippen LogP contribution in [0.3, 0.4) is 0 Å². The third kappa shape index (κ3) is 10.3. The predicted molar refractivity (Wildman–Crippen MR) is 191 cm³/mol. The number of amides is 4. The minimum absolute atomic E-state index is 0.0254. The number of para-hydroxylation sites is 1. The number of aliphatic hydroxyl groups excluding tert-OH is 3. The van der Waals surface area contributed by atoms with E-state index in [-0.39, 0.29) is 34.7 Å². The molecule has 58 heavy (non-hydrogen) atoms. The largest absolute Gasteiger partial charge is 0.394 e. The van der Waals surface area contributed by atoms with E-state index in [1.807, 2.05) is 0 Å². The number of primary amides is 1. The highest BCUT2D eigenvalue weighted by molar-refractivity contribution is 6.07. The van der Waals surface area contributed by atoms with E-state index in [2.05, 4.69) is 31.3 Å². The molecule has 11 N–H and O–H groups in total. The van der Waals surface area contributed by atoms with Gasteiger partial charge in [-0.05, 0) is 36.9 Å². The third-order valence-electron chi connectivity index (χ3n) is 8.29. The molecule has 4 amide bonds. The van der Waals surface area contributed by atoms with E-state index in [1.165, 1.54) is 38.4 Å². The zero-order valence-corrected chi connectivity index (χ0v) is 30.3. The number of nitrogen functional groups attached to an aromatic ring is 1. The Labute approximate surface area is 323 Å². The summed E-state index contributed by atoms with van der Waals surface area (Å²) in [7, 11) is 2.89. The second-order valence-electron chi connectivity index (χ2n) is 12.4. The summed E-state index contributed by atoms with van der Waals surface area (Å²) in [5.74, 6) is -8.04. The lowest BCUT2D eigenvalue weighted by Crippen LogP contribution is -2.67. The third-order valence-corrected chi connectivity index (χ3v) is 8.29. The van der Waals surface area contributed by atoms with E-state index in [1.54, 1.807) is 6.07 Å². The Balaban J connectivity index is 0.000000259. The summed E-state index contributed by atoms with van der Waals surface area (Å²) in [4.78, 5) is 64.0. The normalized spacial score (nSPS) is 19.4. The van der Waals surface area contributed by atoms with Crippen LogP contribution in [0.25, 0.3) is 11.1 Å². The fourth-order valence-corrected chi connectivity index (χ4v) is 5.58. The van der Waals surface area contributed by atoms with Crippen LogP contribution in [0.1, 0.15) is 28.7 Å². The lowest BCUT2D eigenvalue weighted by Gasteiger charge is -2.42. The molecule has 1 aliphatic rings. The summed E-state index contributed by atoms with van der Waals surface area (Å²) >= 11 is 0. The van der Waals surface area contributed by atoms with Crippen molar-refractivity contribution in [1.29, 1.82) is 0 Å². The number of alkyl halides is 2. The molecule has 6 atom stereocenters. The maximum Gasteiger partial charge on any atom is 0.351 e. The van der Waals surface area contributed by atoms with Crippen molar-refractivity contribution in [1.82, 2.24) is 35.3 Å². The van der Waals surface area contributed by atoms with Gasteiger partial charge >= 0.3 is 5.69 Å². The SMILES string of the molecule is CNCC(=O)N[C@H](CO)C(=O)N[C@H]1[C@H](O)[C@@H](O)[C@H](n2ccc(N)nc2=O)O[C@@H]1C(N)=O.Cn1cc(C(=O)Nc2ccccc2-c2cc(F)c(F)c(F)c2)c(C(F)F)n1. The monoisotopic (exact) mass is 824 g/mol. The number of nitrogens with zero attached hydrogens (tertiary/aromatic N) is 4. The highest BCUT2D eigenvalue weighted by atomic mass is 19.3. The standard InChI is InChI=1S/C18H12F5N3O.C16H25N7O8/c1-26-8-11(16(25-26)17(22)23)18(27)24-14-5-3-2-4-10(14)9-6-12(19)15(21)13(20)7-9;1-19-4-8(25)20-6(5-24)14(29)22-9-10(26)11(27)15(31-12(9)13(18)28)23-3-2-7(17)21-16(23)30/h2-8,17H,1H3,(H,24,27);2-3,6,9-12,15,19,24,26-27H,4-5H2,1H3,(H2,18,28)(H,20,25)(H,22,29)(H2,17,21,30)/t;6-,9+,10+,11-,12+,15-/m.1/s1. The molecule has 0 saturated carbocycles. The molecule has 1 saturated heterocycles. The zero-order valence-electron chi connectivity index (χ0n) is 30.3. The van der Waals surface area contributed by atoms with Crippen molar-refractivity contribution in [2.45, 2.75) is 43.0 Å². The van der Waals surface area contributed by atoms with Gasteiger partial charge in [-0.2, -0.15) is 10.1 Å². The van der Waals surface area contributed by atoms with Crippen molar-refractivity contribution >= 4 is 35.1 Å². The Morgan fingerprint density at radius 3 is 2.28 bits per heavy atom. The first-order valence-electron chi connectivity index (χ1n) is 16.8. The maximum absolute atomic E-state index is 13.5. The van der Waals surface area contributed by atoms with E-state index in [4.69, 9.17) is 16.2 Å². The minimum atomic E-state index is -2.96. The molecule has 0 aliphatic carbocycles. The Kier molecular flexibility index (Phi) is 14.7. The van der Waals surface area contributed by atoms with Gasteiger partial charge in [0.25, 0.3) is 12.3 Å². The van der Waals surface area contributed by atoms with Crippen LogP contribution in [-0.2, 0) is 26.2 Å². The Bertz CT molecular complexity index is 2180. The average molecular weight is 825 g/mol. The van der Waals surface area contributed by atoms with Crippen LogP contribution >= 0.6 is 0 Å². The van der Waals surface area contributed by atoms with Crippen LogP contribution in [0.15, 0.2) is 59.7 Å². The van der Waals surface area contributed by atoms with E-state index in [0.29, 0.717) is 0 Å². The van der Waals surface area contributed by atoms with Gasteiger partial charge in [-0.1, -0.05) is 18.2 Å². The van der Waals surface area contributed by atoms with Crippen molar-refractivity contribution < 1.29 is 61.2 Å². The molecule has 3 heterocycles. The maximum atomic E-state index is 13.5. The molecule has 19 nitrogen and oxygen atoms in total. The highest BCUT2D eigenvalue weighted by Crippen LogP contribution is 2.32. The molecule has 24 heteroatoms. The Morgan fingerprint density at radius 1 is 1.03 bits per heavy atom. The van der Waals surface area contributed by atoms with Crippen LogP contribution in [0.2, 0.25) is 0 Å². The molecule has 0 unspecified atom stereocenters. The smallest absolute Gasteiger partial charge is 0.351 e. The van der Waals surface area contributed by atoms with Gasteiger partial charge in [0.05, 0.1) is 24.8 Å². The first-order chi connectivity index (χ1) is 27.4. The van der Waals surface area contributed by atoms with Gasteiger partial charge < -0.3 is 52.8 Å². The number of carbonyl (C=O) groups excluding carboxylic acids is 4. The molecule has 5 rings (SSSR count). The van der Waals surface area contributed by atoms with Crippen molar-refractivity contribution in [2.75, 3.05) is 31.2 Å². The van der Waals surface area contributed by atoms with Gasteiger partial charge in [-0.25, -0.2) is 26.7 Å². The Hall–Kier alpha value is -6.34. The second kappa shape index (κ2) is 19.2. The summed E-state index contributed by atoms with van der Waals surface area (Å²) in [6, 6.07) is 5.76. The summed E-state index contributed by atoms with van der Waals surface area (Å²) in [5.41, 5.74) is 9.05. The number of halogens is 5. The number of likely N-dealkylation sites (N-methyl/N-ethyl adjacent to an activating group) is 1. The van der Waals surface area contributed by atoms with Crippen LogP contribution in [-0.4, -0.2) is 109 Å². The number of carbonyl (C=O) groups is 4. The van der Waals surface area contributed by atoms with Crippen molar-refractivity contribution in [3.8, 4) is 11.1 Å². The fraction of sp³-hybridized carbons (Fsp3) is 0.324. The number of aliphatic hydroxyl groups is 3. The lowest BCUT2D eigenvalue weighted by atomic mass is 9.94. The number of rotatable bonds is 12. The highest BCUT2D eigenvalue weighted by Gasteiger charge is 2.49. The number of hydrogen-bond donors (Lipinski definition) is 9. The lowest BCUT2D eigenvalue weighted by molar-refractivity contribution is -0.212. The van der Waals surface area contributed by atoms with E-state index in [9.17, 15) is 61.2 Å². The molecule has 4 aromatic rings. The van der Waals surface area contributed by atoms with Crippen molar-refractivity contribution in [3.05, 3.63) is 94.1 Å². The fourth-order valence-electron chi connectivity index (χ4n) is 5.58. The minimum Gasteiger partial charge on any atom is -0.394 e. The first kappa shape index (κ1) is 44.4. The van der Waals surface area contributed by atoms with Gasteiger partial charge in [0.1, 0.15) is 29.8 Å². The number of anilines is 2. The molecule has 1 fully saturated rings. The summed E-state index contributed by atoms with van der Waals surface area (Å²) in [5, 5.41) is 43.4. The average Bonchev–Trinajstić information content (AvgIpc) is 3.57. The number of aryl methyl sites for hydroxylation is 1. The number of nitrogens with one attached hydrogen (secondary N) is 4. The summed E-state index contributed by atoms with van der Waals surface area (Å²) < 4.78 is 73.6. The van der Waals surface area contributed by atoms with Gasteiger partial charge in [0.2, 0.25) is 17.7 Å². The van der Waals surface area contributed by atoms with E-state index >= 15 is 0 Å². The molecule has 1 aliphatic heterocycles. The number of hydrogen-bond acceptors (Lipinski definition) is 13. The molecule has 2 aromatic heterocycles. The van der Waals surface area contributed by atoms with Crippen LogP contribution in [0.4, 0.5) is 33.5 Å². The summed E-state index contributed by atoms with van der Waals surface area (Å²) in [6.45, 7) is -0.919. The molecule has 312 valence electrons. The molecule has 0 bridgehead atoms. The zero-order chi connectivity index (χ0) is 43.0. The molecular formula is C34H37F5N10O9. The van der Waals surface area contributed by atoms with E-state index < -0.39 is 102 Å². The molecule has 2 aromatic carbocycles. The van der Waals surface area contributed by atoms with Crippen LogP contribution in [0, 0.1) is 17.5 Å².